The van der Waals surface area contributed by atoms with Gasteiger partial charge in [0.1, 0.15) is 5.75 Å². The number of nitrogens with one attached hydrogen (secondary N) is 1. The smallest absolute Gasteiger partial charge is 0.306 e. The first-order chi connectivity index (χ1) is 13.5. The van der Waals surface area contributed by atoms with Gasteiger partial charge in [0.2, 0.25) is 5.78 Å². The van der Waals surface area contributed by atoms with Crippen molar-refractivity contribution in [3.05, 3.63) is 64.3 Å². The van der Waals surface area contributed by atoms with Crippen molar-refractivity contribution in [1.82, 2.24) is 4.98 Å². The lowest BCUT2D eigenvalue weighted by Gasteiger charge is -2.09. The van der Waals surface area contributed by atoms with Crippen LogP contribution < -0.4 is 4.74 Å². The van der Waals surface area contributed by atoms with E-state index in [0.29, 0.717) is 23.6 Å². The molecule has 0 aliphatic heterocycles. The van der Waals surface area contributed by atoms with E-state index in [1.54, 1.807) is 12.1 Å². The first kappa shape index (κ1) is 20.0. The Labute approximate surface area is 168 Å². The minimum absolute atomic E-state index is 0.187. The number of H-pyrrole nitrogens is 1. The number of fused-ring (bicyclic) bond motifs is 1. The maximum Gasteiger partial charge on any atom is 0.306 e. The summed E-state index contributed by atoms with van der Waals surface area (Å²) in [6, 6.07) is 13.0. The minimum Gasteiger partial charge on any atom is -0.493 e. The zero-order valence-corrected chi connectivity index (χ0v) is 16.6. The van der Waals surface area contributed by atoms with Crippen LogP contribution in [0.1, 0.15) is 34.5 Å². The fraction of sp³-hybridized carbons (Fsp3) is 0.273. The van der Waals surface area contributed by atoms with Crippen LogP contribution >= 0.6 is 11.6 Å². The van der Waals surface area contributed by atoms with Gasteiger partial charge in [0.05, 0.1) is 6.61 Å². The molecule has 0 aliphatic rings. The van der Waals surface area contributed by atoms with Crippen molar-refractivity contribution in [2.45, 2.75) is 26.7 Å². The van der Waals surface area contributed by atoms with Gasteiger partial charge in [-0.05, 0) is 50.1 Å². The summed E-state index contributed by atoms with van der Waals surface area (Å²) >= 11 is 5.91. The summed E-state index contributed by atoms with van der Waals surface area (Å²) in [5.74, 6) is 0.112. The molecule has 3 rings (SSSR count). The van der Waals surface area contributed by atoms with E-state index >= 15 is 0 Å². The third kappa shape index (κ3) is 4.73. The Hall–Kier alpha value is -2.79. The van der Waals surface area contributed by atoms with Crippen molar-refractivity contribution in [1.29, 1.82) is 0 Å². The Balaban J connectivity index is 1.45. The van der Waals surface area contributed by atoms with Crippen LogP contribution in [0.5, 0.6) is 5.75 Å². The van der Waals surface area contributed by atoms with Crippen LogP contribution in [0.15, 0.2) is 42.5 Å². The van der Waals surface area contributed by atoms with Gasteiger partial charge >= 0.3 is 5.97 Å². The molecule has 1 aromatic heterocycles. The number of rotatable bonds is 8. The van der Waals surface area contributed by atoms with Crippen LogP contribution in [0.3, 0.4) is 0 Å². The highest BCUT2D eigenvalue weighted by molar-refractivity contribution is 6.30. The highest BCUT2D eigenvalue weighted by Crippen LogP contribution is 2.23. The number of para-hydroxylation sites is 1. The third-order valence-electron chi connectivity index (χ3n) is 4.46. The number of ether oxygens (including phenoxy) is 2. The van der Waals surface area contributed by atoms with Crippen molar-refractivity contribution < 1.29 is 19.1 Å². The first-order valence-electron chi connectivity index (χ1n) is 9.11. The summed E-state index contributed by atoms with van der Waals surface area (Å²) in [4.78, 5) is 27.6. The number of hydrogen-bond donors (Lipinski definition) is 1. The number of aromatic amines is 1. The number of aromatic nitrogens is 1. The molecule has 0 unspecified atom stereocenters. The molecule has 1 N–H and O–H groups in total. The SMILES string of the molecule is Cc1cc(Cl)ccc1OCCCC(=O)OCC(=O)c1c(C)[nH]c2ccccc12. The van der Waals surface area contributed by atoms with Crippen LogP contribution in [0.4, 0.5) is 0 Å². The number of Topliss-reactive ketones (excluding diaryl/α,β-unsaturated/α-hetero) is 1. The van der Waals surface area contributed by atoms with E-state index in [9.17, 15) is 9.59 Å². The van der Waals surface area contributed by atoms with Gasteiger partial charge in [-0.1, -0.05) is 29.8 Å². The number of hydrogen-bond acceptors (Lipinski definition) is 4. The Morgan fingerprint density at radius 1 is 1.11 bits per heavy atom. The monoisotopic (exact) mass is 399 g/mol. The molecule has 5 nitrogen and oxygen atoms in total. The maximum absolute atomic E-state index is 12.5. The zero-order valence-electron chi connectivity index (χ0n) is 15.9. The van der Waals surface area contributed by atoms with E-state index in [1.807, 2.05) is 44.2 Å². The topological polar surface area (TPSA) is 68.4 Å². The second-order valence-corrected chi connectivity index (χ2v) is 7.05. The summed E-state index contributed by atoms with van der Waals surface area (Å²) in [5, 5.41) is 1.50. The Bertz CT molecular complexity index is 1010. The molecule has 0 atom stereocenters. The fourth-order valence-electron chi connectivity index (χ4n) is 3.10. The normalized spacial score (nSPS) is 10.8. The van der Waals surface area contributed by atoms with Gasteiger partial charge in [0, 0.05) is 33.6 Å². The average Bonchev–Trinajstić information content (AvgIpc) is 3.00. The van der Waals surface area contributed by atoms with E-state index in [0.717, 1.165) is 27.9 Å². The molecule has 0 saturated heterocycles. The predicted molar refractivity (Wildman–Crippen MR) is 109 cm³/mol. The lowest BCUT2D eigenvalue weighted by atomic mass is 10.1. The van der Waals surface area contributed by atoms with Crippen molar-refractivity contribution in [3.8, 4) is 5.75 Å². The second-order valence-electron chi connectivity index (χ2n) is 6.62. The molecule has 0 radical (unpaired) electrons. The molecule has 6 heteroatoms. The minimum atomic E-state index is -0.415. The fourth-order valence-corrected chi connectivity index (χ4v) is 3.33. The van der Waals surface area contributed by atoms with E-state index in [2.05, 4.69) is 4.98 Å². The second kappa shape index (κ2) is 8.93. The lowest BCUT2D eigenvalue weighted by molar-refractivity contribution is -0.142. The number of halogens is 1. The largest absolute Gasteiger partial charge is 0.493 e. The summed E-state index contributed by atoms with van der Waals surface area (Å²) in [5.41, 5.74) is 3.18. The number of aryl methyl sites for hydroxylation is 2. The van der Waals surface area contributed by atoms with Crippen molar-refractivity contribution in [2.24, 2.45) is 0 Å². The van der Waals surface area contributed by atoms with Gasteiger partial charge in [0.25, 0.3) is 0 Å². The molecule has 0 amide bonds. The molecule has 3 aromatic rings. The maximum atomic E-state index is 12.5. The molecule has 0 saturated carbocycles. The molecular weight excluding hydrogens is 378 g/mol. The molecule has 28 heavy (non-hydrogen) atoms. The molecule has 0 fully saturated rings. The van der Waals surface area contributed by atoms with Gasteiger partial charge < -0.3 is 14.5 Å². The van der Waals surface area contributed by atoms with Crippen LogP contribution in [0.2, 0.25) is 5.02 Å². The number of esters is 1. The first-order valence-corrected chi connectivity index (χ1v) is 9.48. The van der Waals surface area contributed by atoms with Crippen LogP contribution in [-0.2, 0) is 9.53 Å². The van der Waals surface area contributed by atoms with E-state index < -0.39 is 5.97 Å². The quantitative estimate of drug-likeness (QED) is 0.328. The van der Waals surface area contributed by atoms with E-state index in [4.69, 9.17) is 21.1 Å². The molecule has 0 aliphatic carbocycles. The molecule has 146 valence electrons. The molecular formula is C22H22ClNO4. The average molecular weight is 400 g/mol. The van der Waals surface area contributed by atoms with E-state index in [1.165, 1.54) is 0 Å². The predicted octanol–water partition coefficient (Wildman–Crippen LogP) is 5.02. The summed E-state index contributed by atoms with van der Waals surface area (Å²) in [6.45, 7) is 3.87. The molecule has 2 aromatic carbocycles. The van der Waals surface area contributed by atoms with Gasteiger partial charge in [-0.15, -0.1) is 0 Å². The van der Waals surface area contributed by atoms with Gasteiger partial charge in [-0.25, -0.2) is 0 Å². The van der Waals surface area contributed by atoms with Crippen molar-refractivity contribution in [2.75, 3.05) is 13.2 Å². The molecule has 0 spiro atoms. The van der Waals surface area contributed by atoms with Crippen LogP contribution in [-0.4, -0.2) is 30.0 Å². The summed E-state index contributed by atoms with van der Waals surface area (Å²) in [7, 11) is 0. The molecule has 0 bridgehead atoms. The van der Waals surface area contributed by atoms with Gasteiger partial charge in [-0.2, -0.15) is 0 Å². The van der Waals surface area contributed by atoms with Gasteiger partial charge in [-0.3, -0.25) is 9.59 Å². The Morgan fingerprint density at radius 3 is 2.68 bits per heavy atom. The van der Waals surface area contributed by atoms with Crippen molar-refractivity contribution >= 4 is 34.3 Å². The number of carbonyl (C=O) groups excluding carboxylic acids is 2. The van der Waals surface area contributed by atoms with Crippen LogP contribution in [0.25, 0.3) is 10.9 Å². The van der Waals surface area contributed by atoms with Crippen molar-refractivity contribution in [3.63, 3.8) is 0 Å². The molecule has 1 heterocycles. The highest BCUT2D eigenvalue weighted by atomic mass is 35.5. The number of carbonyl (C=O) groups is 2. The van der Waals surface area contributed by atoms with Gasteiger partial charge in [0.15, 0.2) is 6.61 Å². The summed E-state index contributed by atoms with van der Waals surface area (Å²) < 4.78 is 10.8. The Morgan fingerprint density at radius 2 is 1.89 bits per heavy atom. The number of ketones is 1. The lowest BCUT2D eigenvalue weighted by Crippen LogP contribution is -2.15. The number of benzene rings is 2. The standard InChI is InChI=1S/C22H22ClNO4/c1-14-12-16(23)9-10-20(14)27-11-5-8-21(26)28-13-19(25)22-15(2)24-18-7-4-3-6-17(18)22/h3-4,6-7,9-10,12,24H,5,8,11,13H2,1-2H3. The third-order valence-corrected chi connectivity index (χ3v) is 4.69. The highest BCUT2D eigenvalue weighted by Gasteiger charge is 2.17. The summed E-state index contributed by atoms with van der Waals surface area (Å²) in [6.07, 6.45) is 0.688. The zero-order chi connectivity index (χ0) is 20.1. The van der Waals surface area contributed by atoms with E-state index in [-0.39, 0.29) is 18.8 Å². The Kier molecular flexibility index (Phi) is 6.37. The van der Waals surface area contributed by atoms with Crippen LogP contribution in [0, 0.1) is 13.8 Å².